The second-order valence-corrected chi connectivity index (χ2v) is 5.75. The topological polar surface area (TPSA) is 33.2 Å². The van der Waals surface area contributed by atoms with Crippen LogP contribution >= 0.6 is 11.3 Å². The van der Waals surface area contributed by atoms with Crippen molar-refractivity contribution in [2.45, 2.75) is 19.8 Å². The van der Waals surface area contributed by atoms with Crippen molar-refractivity contribution in [1.29, 1.82) is 0 Å². The largest absolute Gasteiger partial charge is 0.338 e. The highest BCUT2D eigenvalue weighted by atomic mass is 32.1. The first-order valence-corrected chi connectivity index (χ1v) is 7.40. The summed E-state index contributed by atoms with van der Waals surface area (Å²) in [5.41, 5.74) is 5.01. The van der Waals surface area contributed by atoms with Crippen LogP contribution in [0, 0.1) is 6.92 Å². The molecule has 98 valence electrons. The second-order valence-electron chi connectivity index (χ2n) is 4.81. The zero-order valence-corrected chi connectivity index (χ0v) is 11.7. The van der Waals surface area contributed by atoms with Crippen molar-refractivity contribution in [2.75, 3.05) is 13.1 Å². The lowest BCUT2D eigenvalue weighted by atomic mass is 9.99. The van der Waals surface area contributed by atoms with Gasteiger partial charge in [-0.1, -0.05) is 18.2 Å². The van der Waals surface area contributed by atoms with Crippen molar-refractivity contribution in [3.8, 4) is 0 Å². The number of hydrogen-bond donors (Lipinski definition) is 0. The molecule has 0 unspecified atom stereocenters. The molecule has 2 aromatic rings. The summed E-state index contributed by atoms with van der Waals surface area (Å²) < 4.78 is 0. The molecule has 1 aliphatic heterocycles. The molecule has 0 N–H and O–H groups in total. The highest BCUT2D eigenvalue weighted by molar-refractivity contribution is 7.09. The van der Waals surface area contributed by atoms with Crippen molar-refractivity contribution in [3.05, 3.63) is 51.5 Å². The number of benzene rings is 1. The van der Waals surface area contributed by atoms with E-state index in [1.165, 1.54) is 10.4 Å². The van der Waals surface area contributed by atoms with E-state index < -0.39 is 0 Å². The van der Waals surface area contributed by atoms with Crippen molar-refractivity contribution >= 4 is 17.2 Å². The van der Waals surface area contributed by atoms with Crippen LogP contribution in [0.15, 0.2) is 29.8 Å². The standard InChI is InChI=1S/C15H16N2OS/c1-11-14(19-10-16-11)7-9-17-8-6-12-4-2-3-5-13(12)15(17)18/h2-5,10H,6-9H2,1H3. The van der Waals surface area contributed by atoms with Crippen LogP contribution in [0.5, 0.6) is 0 Å². The quantitative estimate of drug-likeness (QED) is 0.860. The summed E-state index contributed by atoms with van der Waals surface area (Å²) in [5.74, 6) is 0.170. The SMILES string of the molecule is Cc1ncsc1CCN1CCc2ccccc2C1=O. The third kappa shape index (κ3) is 2.40. The van der Waals surface area contributed by atoms with Gasteiger partial charge in [0.05, 0.1) is 11.2 Å². The van der Waals surface area contributed by atoms with Crippen LogP contribution in [0.4, 0.5) is 0 Å². The van der Waals surface area contributed by atoms with Gasteiger partial charge in [0.15, 0.2) is 0 Å². The number of nitrogens with zero attached hydrogens (tertiary/aromatic N) is 2. The minimum absolute atomic E-state index is 0.170. The number of aromatic nitrogens is 1. The Labute approximate surface area is 116 Å². The molecular weight excluding hydrogens is 256 g/mol. The summed E-state index contributed by atoms with van der Waals surface area (Å²) in [5, 5.41) is 0. The van der Waals surface area contributed by atoms with Crippen molar-refractivity contribution in [2.24, 2.45) is 0 Å². The number of aryl methyl sites for hydroxylation is 1. The molecular formula is C15H16N2OS. The third-order valence-corrected chi connectivity index (χ3v) is 4.63. The third-order valence-electron chi connectivity index (χ3n) is 3.64. The van der Waals surface area contributed by atoms with Crippen LogP contribution in [-0.4, -0.2) is 28.9 Å². The maximum Gasteiger partial charge on any atom is 0.254 e. The summed E-state index contributed by atoms with van der Waals surface area (Å²) in [6.45, 7) is 3.64. The fourth-order valence-corrected chi connectivity index (χ4v) is 3.26. The molecule has 0 fully saturated rings. The van der Waals surface area contributed by atoms with Crippen molar-refractivity contribution < 1.29 is 4.79 Å². The van der Waals surface area contributed by atoms with Crippen LogP contribution in [-0.2, 0) is 12.8 Å². The predicted molar refractivity (Wildman–Crippen MR) is 76.6 cm³/mol. The molecule has 0 bridgehead atoms. The zero-order chi connectivity index (χ0) is 13.2. The molecule has 0 saturated carbocycles. The number of hydrogen-bond acceptors (Lipinski definition) is 3. The van der Waals surface area contributed by atoms with E-state index in [0.29, 0.717) is 0 Å². The summed E-state index contributed by atoms with van der Waals surface area (Å²) in [4.78, 5) is 19.9. The molecule has 1 amide bonds. The summed E-state index contributed by atoms with van der Waals surface area (Å²) in [6, 6.07) is 7.93. The van der Waals surface area contributed by atoms with Gasteiger partial charge in [0, 0.05) is 30.0 Å². The maximum atomic E-state index is 12.4. The lowest BCUT2D eigenvalue weighted by molar-refractivity contribution is 0.0742. The van der Waals surface area contributed by atoms with Crippen LogP contribution < -0.4 is 0 Å². The normalized spacial score (nSPS) is 14.6. The van der Waals surface area contributed by atoms with E-state index in [4.69, 9.17) is 0 Å². The van der Waals surface area contributed by atoms with E-state index in [9.17, 15) is 4.79 Å². The van der Waals surface area contributed by atoms with Gasteiger partial charge < -0.3 is 4.90 Å². The molecule has 3 rings (SSSR count). The summed E-state index contributed by atoms with van der Waals surface area (Å²) in [6.07, 6.45) is 1.87. The van der Waals surface area contributed by atoms with Crippen LogP contribution in [0.2, 0.25) is 0 Å². The highest BCUT2D eigenvalue weighted by Gasteiger charge is 2.23. The number of carbonyl (C=O) groups is 1. The number of fused-ring (bicyclic) bond motifs is 1. The predicted octanol–water partition coefficient (Wildman–Crippen LogP) is 2.69. The Morgan fingerprint density at radius 1 is 1.37 bits per heavy atom. The summed E-state index contributed by atoms with van der Waals surface area (Å²) in [7, 11) is 0. The molecule has 1 aromatic heterocycles. The Bertz CT molecular complexity index is 606. The van der Waals surface area contributed by atoms with Crippen LogP contribution in [0.3, 0.4) is 0 Å². The fraction of sp³-hybridized carbons (Fsp3) is 0.333. The van der Waals surface area contributed by atoms with Crippen LogP contribution in [0.1, 0.15) is 26.5 Å². The highest BCUT2D eigenvalue weighted by Crippen LogP contribution is 2.20. The number of rotatable bonds is 3. The molecule has 1 aromatic carbocycles. The number of thiazole rings is 1. The average molecular weight is 272 g/mol. The number of amides is 1. The first-order chi connectivity index (χ1) is 9.25. The molecule has 0 spiro atoms. The van der Waals surface area contributed by atoms with Gasteiger partial charge in [0.1, 0.15) is 0 Å². The molecule has 0 atom stereocenters. The lowest BCUT2D eigenvalue weighted by Crippen LogP contribution is -2.38. The smallest absolute Gasteiger partial charge is 0.254 e. The maximum absolute atomic E-state index is 12.4. The molecule has 0 radical (unpaired) electrons. The van der Waals surface area contributed by atoms with Gasteiger partial charge in [0.25, 0.3) is 5.91 Å². The van der Waals surface area contributed by atoms with Gasteiger partial charge >= 0.3 is 0 Å². The van der Waals surface area contributed by atoms with E-state index in [1.807, 2.05) is 35.5 Å². The molecule has 0 saturated heterocycles. The molecule has 1 aliphatic rings. The Hall–Kier alpha value is -1.68. The Kier molecular flexibility index (Phi) is 3.34. The van der Waals surface area contributed by atoms with E-state index in [-0.39, 0.29) is 5.91 Å². The fourth-order valence-electron chi connectivity index (χ4n) is 2.49. The Morgan fingerprint density at radius 2 is 2.21 bits per heavy atom. The average Bonchev–Trinajstić information content (AvgIpc) is 2.84. The van der Waals surface area contributed by atoms with Gasteiger partial charge in [-0.05, 0) is 25.0 Å². The minimum Gasteiger partial charge on any atom is -0.338 e. The van der Waals surface area contributed by atoms with Crippen molar-refractivity contribution in [3.63, 3.8) is 0 Å². The molecule has 0 aliphatic carbocycles. The first-order valence-electron chi connectivity index (χ1n) is 6.52. The van der Waals surface area contributed by atoms with Gasteiger partial charge in [-0.15, -0.1) is 11.3 Å². The van der Waals surface area contributed by atoms with Gasteiger partial charge in [-0.2, -0.15) is 0 Å². The monoisotopic (exact) mass is 272 g/mol. The molecule has 3 nitrogen and oxygen atoms in total. The second kappa shape index (κ2) is 5.13. The first kappa shape index (κ1) is 12.4. The molecule has 4 heteroatoms. The van der Waals surface area contributed by atoms with Gasteiger partial charge in [0.2, 0.25) is 0 Å². The van der Waals surface area contributed by atoms with E-state index >= 15 is 0 Å². The lowest BCUT2D eigenvalue weighted by Gasteiger charge is -2.28. The molecule has 19 heavy (non-hydrogen) atoms. The zero-order valence-electron chi connectivity index (χ0n) is 10.9. The van der Waals surface area contributed by atoms with Crippen LogP contribution in [0.25, 0.3) is 0 Å². The molecule has 2 heterocycles. The minimum atomic E-state index is 0.170. The van der Waals surface area contributed by atoms with Gasteiger partial charge in [-0.3, -0.25) is 4.79 Å². The Balaban J connectivity index is 1.71. The van der Waals surface area contributed by atoms with Gasteiger partial charge in [-0.25, -0.2) is 4.98 Å². The van der Waals surface area contributed by atoms with E-state index in [1.54, 1.807) is 11.3 Å². The number of carbonyl (C=O) groups excluding carboxylic acids is 1. The van der Waals surface area contributed by atoms with Crippen molar-refractivity contribution in [1.82, 2.24) is 9.88 Å². The Morgan fingerprint density at radius 3 is 3.00 bits per heavy atom. The summed E-state index contributed by atoms with van der Waals surface area (Å²) >= 11 is 1.68. The van der Waals surface area contributed by atoms with E-state index in [2.05, 4.69) is 11.1 Å². The van der Waals surface area contributed by atoms with E-state index in [0.717, 1.165) is 37.2 Å².